The topological polar surface area (TPSA) is 17.1 Å². The summed E-state index contributed by atoms with van der Waals surface area (Å²) in [7, 11) is 0. The first kappa shape index (κ1) is 15.3. The van der Waals surface area contributed by atoms with Crippen LogP contribution in [-0.4, -0.2) is 5.78 Å². The van der Waals surface area contributed by atoms with Gasteiger partial charge in [-0.3, -0.25) is 4.79 Å². The fraction of sp³-hybridized carbons (Fsp3) is 0.632. The Labute approximate surface area is 123 Å². The third kappa shape index (κ3) is 4.47. The highest BCUT2D eigenvalue weighted by Crippen LogP contribution is 2.36. The van der Waals surface area contributed by atoms with Crippen LogP contribution < -0.4 is 0 Å². The molecule has 1 aliphatic carbocycles. The molecule has 0 N–H and O–H groups in total. The van der Waals surface area contributed by atoms with Gasteiger partial charge >= 0.3 is 0 Å². The lowest BCUT2D eigenvalue weighted by Crippen LogP contribution is -2.24. The van der Waals surface area contributed by atoms with Crippen LogP contribution in [0.3, 0.4) is 0 Å². The second kappa shape index (κ2) is 8.24. The Balaban J connectivity index is 1.81. The Kier molecular flexibility index (Phi) is 6.29. The first-order valence-electron chi connectivity index (χ1n) is 8.39. The fourth-order valence-electron chi connectivity index (χ4n) is 3.41. The molecule has 2 unspecified atom stereocenters. The predicted octanol–water partition coefficient (Wildman–Crippen LogP) is 5.50. The molecule has 0 amide bonds. The molecule has 0 aromatic heterocycles. The molecule has 0 radical (unpaired) electrons. The quantitative estimate of drug-likeness (QED) is 0.599. The molecule has 2 rings (SSSR count). The average molecular weight is 272 g/mol. The van der Waals surface area contributed by atoms with Gasteiger partial charge in [-0.15, -0.1) is 0 Å². The maximum Gasteiger partial charge on any atom is 0.136 e. The maximum atomic E-state index is 12.1. The summed E-state index contributed by atoms with van der Waals surface area (Å²) in [4.78, 5) is 12.1. The van der Waals surface area contributed by atoms with Gasteiger partial charge in [-0.1, -0.05) is 69.4 Å². The van der Waals surface area contributed by atoms with Crippen molar-refractivity contribution in [1.29, 1.82) is 0 Å². The molecule has 0 aliphatic heterocycles. The molecule has 20 heavy (non-hydrogen) atoms. The Bertz CT molecular complexity index is 395. The van der Waals surface area contributed by atoms with Gasteiger partial charge in [0.2, 0.25) is 0 Å². The largest absolute Gasteiger partial charge is 0.299 e. The molecule has 1 heteroatoms. The van der Waals surface area contributed by atoms with Gasteiger partial charge in [0.1, 0.15) is 5.78 Å². The van der Waals surface area contributed by atoms with E-state index in [1.54, 1.807) is 0 Å². The molecule has 110 valence electrons. The monoisotopic (exact) mass is 272 g/mol. The second-order valence-corrected chi connectivity index (χ2v) is 6.25. The second-order valence-electron chi connectivity index (χ2n) is 6.25. The van der Waals surface area contributed by atoms with Crippen LogP contribution in [0.1, 0.15) is 76.2 Å². The first-order valence-corrected chi connectivity index (χ1v) is 8.39. The number of unbranched alkanes of at least 4 members (excludes halogenated alkanes) is 4. The van der Waals surface area contributed by atoms with E-state index in [0.29, 0.717) is 17.6 Å². The van der Waals surface area contributed by atoms with E-state index >= 15 is 0 Å². The van der Waals surface area contributed by atoms with E-state index in [9.17, 15) is 4.79 Å². The van der Waals surface area contributed by atoms with E-state index < -0.39 is 0 Å². The van der Waals surface area contributed by atoms with Crippen LogP contribution in [0.5, 0.6) is 0 Å². The fourth-order valence-corrected chi connectivity index (χ4v) is 3.41. The van der Waals surface area contributed by atoms with E-state index in [1.165, 1.54) is 37.7 Å². The minimum Gasteiger partial charge on any atom is -0.299 e. The molecular weight excluding hydrogens is 244 g/mol. The third-order valence-electron chi connectivity index (χ3n) is 4.69. The summed E-state index contributed by atoms with van der Waals surface area (Å²) in [6, 6.07) is 10.7. The summed E-state index contributed by atoms with van der Waals surface area (Å²) >= 11 is 0. The Morgan fingerprint density at radius 2 is 1.80 bits per heavy atom. The van der Waals surface area contributed by atoms with Crippen LogP contribution in [0.4, 0.5) is 0 Å². The van der Waals surface area contributed by atoms with E-state index in [0.717, 1.165) is 25.7 Å². The number of hydrogen-bond acceptors (Lipinski definition) is 1. The predicted molar refractivity (Wildman–Crippen MR) is 84.9 cm³/mol. The van der Waals surface area contributed by atoms with Gasteiger partial charge in [-0.2, -0.15) is 0 Å². The van der Waals surface area contributed by atoms with Crippen molar-refractivity contribution in [2.24, 2.45) is 5.92 Å². The molecule has 0 bridgehead atoms. The molecule has 1 aliphatic rings. The number of Topliss-reactive ketones (excluding diaryl/α,β-unsaturated/α-hetero) is 1. The third-order valence-corrected chi connectivity index (χ3v) is 4.69. The SMILES string of the molecule is CCCCCCCC1CC(c2ccccc2)CCC1=O. The Morgan fingerprint density at radius 3 is 2.55 bits per heavy atom. The van der Waals surface area contributed by atoms with Crippen LogP contribution in [0.2, 0.25) is 0 Å². The van der Waals surface area contributed by atoms with Crippen molar-refractivity contribution in [3.8, 4) is 0 Å². The van der Waals surface area contributed by atoms with Crippen LogP contribution in [0.15, 0.2) is 30.3 Å². The van der Waals surface area contributed by atoms with Crippen molar-refractivity contribution in [2.45, 2.75) is 70.6 Å². The zero-order valence-electron chi connectivity index (χ0n) is 12.8. The standard InChI is InChI=1S/C19H28O/c1-2-3-4-5-7-12-18-15-17(13-14-19(18)20)16-10-8-6-9-11-16/h6,8-11,17-18H,2-5,7,12-15H2,1H3. The van der Waals surface area contributed by atoms with Gasteiger partial charge in [0.25, 0.3) is 0 Å². The summed E-state index contributed by atoms with van der Waals surface area (Å²) in [6.07, 6.45) is 10.5. The van der Waals surface area contributed by atoms with Crippen LogP contribution in [-0.2, 0) is 4.79 Å². The van der Waals surface area contributed by atoms with Gasteiger partial charge in [0.15, 0.2) is 0 Å². The highest BCUT2D eigenvalue weighted by atomic mass is 16.1. The lowest BCUT2D eigenvalue weighted by atomic mass is 9.75. The van der Waals surface area contributed by atoms with Crippen molar-refractivity contribution < 1.29 is 4.79 Å². The van der Waals surface area contributed by atoms with Crippen molar-refractivity contribution >= 4 is 5.78 Å². The minimum absolute atomic E-state index is 0.329. The normalized spacial score (nSPS) is 22.9. The molecule has 1 nitrogen and oxygen atoms in total. The average Bonchev–Trinajstić information content (AvgIpc) is 2.49. The molecule has 0 spiro atoms. The molecule has 1 fully saturated rings. The highest BCUT2D eigenvalue weighted by Gasteiger charge is 2.28. The summed E-state index contributed by atoms with van der Waals surface area (Å²) in [6.45, 7) is 2.25. The van der Waals surface area contributed by atoms with Crippen LogP contribution in [0, 0.1) is 5.92 Å². The Morgan fingerprint density at radius 1 is 1.05 bits per heavy atom. The van der Waals surface area contributed by atoms with Gasteiger partial charge in [0, 0.05) is 12.3 Å². The number of carbonyl (C=O) groups excluding carboxylic acids is 1. The molecule has 1 aromatic carbocycles. The van der Waals surface area contributed by atoms with E-state index in [2.05, 4.69) is 37.3 Å². The molecule has 0 saturated heterocycles. The maximum absolute atomic E-state index is 12.1. The van der Waals surface area contributed by atoms with Gasteiger partial charge in [-0.05, 0) is 30.7 Å². The van der Waals surface area contributed by atoms with Crippen molar-refractivity contribution in [1.82, 2.24) is 0 Å². The van der Waals surface area contributed by atoms with Gasteiger partial charge < -0.3 is 0 Å². The zero-order chi connectivity index (χ0) is 14.2. The lowest BCUT2D eigenvalue weighted by molar-refractivity contribution is -0.125. The number of hydrogen-bond donors (Lipinski definition) is 0. The van der Waals surface area contributed by atoms with E-state index in [-0.39, 0.29) is 0 Å². The molecule has 1 saturated carbocycles. The van der Waals surface area contributed by atoms with Gasteiger partial charge in [0.05, 0.1) is 0 Å². The summed E-state index contributed by atoms with van der Waals surface area (Å²) in [5.41, 5.74) is 1.43. The van der Waals surface area contributed by atoms with E-state index in [4.69, 9.17) is 0 Å². The molecule has 2 atom stereocenters. The zero-order valence-corrected chi connectivity index (χ0v) is 12.8. The smallest absolute Gasteiger partial charge is 0.136 e. The number of ketones is 1. The molecule has 0 heterocycles. The Hall–Kier alpha value is -1.11. The molecular formula is C19H28O. The van der Waals surface area contributed by atoms with Crippen LogP contribution >= 0.6 is 0 Å². The van der Waals surface area contributed by atoms with Gasteiger partial charge in [-0.25, -0.2) is 0 Å². The number of rotatable bonds is 7. The number of benzene rings is 1. The lowest BCUT2D eigenvalue weighted by Gasteiger charge is -2.28. The van der Waals surface area contributed by atoms with Crippen molar-refractivity contribution in [3.63, 3.8) is 0 Å². The van der Waals surface area contributed by atoms with Crippen molar-refractivity contribution in [2.75, 3.05) is 0 Å². The summed E-state index contributed by atoms with van der Waals surface area (Å²) in [5, 5.41) is 0. The minimum atomic E-state index is 0.329. The number of carbonyl (C=O) groups is 1. The highest BCUT2D eigenvalue weighted by molar-refractivity contribution is 5.82. The molecule has 1 aromatic rings. The van der Waals surface area contributed by atoms with Crippen LogP contribution in [0.25, 0.3) is 0 Å². The first-order chi connectivity index (χ1) is 9.81. The summed E-state index contributed by atoms with van der Waals surface area (Å²) < 4.78 is 0. The van der Waals surface area contributed by atoms with Crippen molar-refractivity contribution in [3.05, 3.63) is 35.9 Å². The summed E-state index contributed by atoms with van der Waals surface area (Å²) in [5.74, 6) is 1.46. The van der Waals surface area contributed by atoms with E-state index in [1.807, 2.05) is 0 Å².